The molecule has 0 atom stereocenters. The van der Waals surface area contributed by atoms with E-state index in [0.29, 0.717) is 5.41 Å². The summed E-state index contributed by atoms with van der Waals surface area (Å²) < 4.78 is 2.28. The van der Waals surface area contributed by atoms with Gasteiger partial charge in [0.25, 0.3) is 0 Å². The first-order valence-electron chi connectivity index (χ1n) is 6.31. The van der Waals surface area contributed by atoms with Crippen LogP contribution in [0.2, 0.25) is 0 Å². The topological polar surface area (TPSA) is 43.8 Å². The van der Waals surface area contributed by atoms with Crippen LogP contribution in [0.1, 0.15) is 26.7 Å². The second kappa shape index (κ2) is 3.49. The maximum absolute atomic E-state index is 5.77. The first kappa shape index (κ1) is 10.6. The van der Waals surface area contributed by atoms with Crippen LogP contribution in [0.15, 0.2) is 24.5 Å². The third-order valence-electron chi connectivity index (χ3n) is 4.25. The molecule has 1 heterocycles. The lowest BCUT2D eigenvalue weighted by Gasteiger charge is -2.20. The van der Waals surface area contributed by atoms with E-state index in [4.69, 9.17) is 5.73 Å². The fraction of sp³-hybridized carbons (Fsp3) is 0.500. The number of nitrogen functional groups attached to an aromatic ring is 1. The van der Waals surface area contributed by atoms with Gasteiger partial charge in [0.05, 0.1) is 17.4 Å². The highest BCUT2D eigenvalue weighted by molar-refractivity contribution is 5.78. The number of hydrogen-bond acceptors (Lipinski definition) is 2. The first-order chi connectivity index (χ1) is 8.11. The molecular weight excluding hydrogens is 210 g/mol. The summed E-state index contributed by atoms with van der Waals surface area (Å²) in [6.45, 7) is 5.74. The SMILES string of the molecule is CC(C)C1(Cn2cnc3cc(N)ccc32)CC1. The molecule has 1 aliphatic rings. The van der Waals surface area contributed by atoms with E-state index in [1.807, 2.05) is 18.5 Å². The summed E-state index contributed by atoms with van der Waals surface area (Å²) in [5.41, 5.74) is 9.27. The molecule has 0 bridgehead atoms. The van der Waals surface area contributed by atoms with Gasteiger partial charge in [0.1, 0.15) is 0 Å². The number of anilines is 1. The van der Waals surface area contributed by atoms with Crippen molar-refractivity contribution in [1.29, 1.82) is 0 Å². The quantitative estimate of drug-likeness (QED) is 0.822. The van der Waals surface area contributed by atoms with Crippen molar-refractivity contribution in [3.8, 4) is 0 Å². The van der Waals surface area contributed by atoms with Gasteiger partial charge in [0.2, 0.25) is 0 Å². The summed E-state index contributed by atoms with van der Waals surface area (Å²) in [5.74, 6) is 0.744. The Hall–Kier alpha value is -1.51. The standard InChI is InChI=1S/C14H19N3/c1-10(2)14(5-6-14)8-17-9-16-12-7-11(15)3-4-13(12)17/h3-4,7,9-10H,5-6,8,15H2,1-2H3. The van der Waals surface area contributed by atoms with Crippen LogP contribution in [0, 0.1) is 11.3 Å². The Morgan fingerprint density at radius 2 is 2.18 bits per heavy atom. The molecule has 0 aliphatic heterocycles. The van der Waals surface area contributed by atoms with E-state index >= 15 is 0 Å². The molecule has 3 rings (SSSR count). The Kier molecular flexibility index (Phi) is 2.18. The van der Waals surface area contributed by atoms with E-state index in [1.54, 1.807) is 0 Å². The normalized spacial score (nSPS) is 17.8. The maximum Gasteiger partial charge on any atom is 0.0958 e. The Morgan fingerprint density at radius 3 is 2.82 bits per heavy atom. The molecule has 2 aromatic rings. The van der Waals surface area contributed by atoms with Gasteiger partial charge in [0.15, 0.2) is 0 Å². The van der Waals surface area contributed by atoms with Crippen LogP contribution < -0.4 is 5.73 Å². The molecule has 0 amide bonds. The van der Waals surface area contributed by atoms with E-state index in [9.17, 15) is 0 Å². The van der Waals surface area contributed by atoms with Crippen LogP contribution >= 0.6 is 0 Å². The minimum atomic E-state index is 0.509. The van der Waals surface area contributed by atoms with Gasteiger partial charge in [0, 0.05) is 12.2 Å². The zero-order valence-corrected chi connectivity index (χ0v) is 10.5. The molecule has 1 aromatic carbocycles. The molecule has 0 unspecified atom stereocenters. The third kappa shape index (κ3) is 1.70. The number of fused-ring (bicyclic) bond motifs is 1. The Balaban J connectivity index is 1.96. The van der Waals surface area contributed by atoms with Gasteiger partial charge in [-0.1, -0.05) is 13.8 Å². The molecule has 1 aromatic heterocycles. The van der Waals surface area contributed by atoms with Crippen LogP contribution in [0.4, 0.5) is 5.69 Å². The van der Waals surface area contributed by atoms with Crippen molar-refractivity contribution in [3.05, 3.63) is 24.5 Å². The lowest BCUT2D eigenvalue weighted by molar-refractivity contribution is 0.312. The van der Waals surface area contributed by atoms with Crippen LogP contribution in [0.5, 0.6) is 0 Å². The minimum absolute atomic E-state index is 0.509. The monoisotopic (exact) mass is 229 g/mol. The number of rotatable bonds is 3. The second-order valence-corrected chi connectivity index (χ2v) is 5.64. The Labute approximate surface area is 102 Å². The number of hydrogen-bond donors (Lipinski definition) is 1. The van der Waals surface area contributed by atoms with Gasteiger partial charge in [-0.25, -0.2) is 4.98 Å². The van der Waals surface area contributed by atoms with E-state index < -0.39 is 0 Å². The van der Waals surface area contributed by atoms with Crippen molar-refractivity contribution in [2.75, 3.05) is 5.73 Å². The van der Waals surface area contributed by atoms with Crippen LogP contribution in [-0.2, 0) is 6.54 Å². The highest BCUT2D eigenvalue weighted by Crippen LogP contribution is 2.53. The predicted molar refractivity (Wildman–Crippen MR) is 70.7 cm³/mol. The molecule has 1 saturated carbocycles. The smallest absolute Gasteiger partial charge is 0.0958 e. The maximum atomic E-state index is 5.77. The second-order valence-electron chi connectivity index (χ2n) is 5.64. The first-order valence-corrected chi connectivity index (χ1v) is 6.31. The zero-order valence-electron chi connectivity index (χ0n) is 10.5. The van der Waals surface area contributed by atoms with Crippen molar-refractivity contribution in [2.24, 2.45) is 11.3 Å². The molecule has 0 spiro atoms. The number of nitrogens with zero attached hydrogens (tertiary/aromatic N) is 2. The minimum Gasteiger partial charge on any atom is -0.399 e. The Morgan fingerprint density at radius 1 is 1.41 bits per heavy atom. The van der Waals surface area contributed by atoms with E-state index in [-0.39, 0.29) is 0 Å². The average Bonchev–Trinajstić information content (AvgIpc) is 2.96. The van der Waals surface area contributed by atoms with Crippen molar-refractivity contribution >= 4 is 16.7 Å². The van der Waals surface area contributed by atoms with Crippen LogP contribution in [0.3, 0.4) is 0 Å². The third-order valence-corrected chi connectivity index (χ3v) is 4.25. The molecule has 0 radical (unpaired) electrons. The predicted octanol–water partition coefficient (Wildman–Crippen LogP) is 3.05. The van der Waals surface area contributed by atoms with Crippen molar-refractivity contribution in [3.63, 3.8) is 0 Å². The lowest BCUT2D eigenvalue weighted by atomic mass is 9.92. The fourth-order valence-corrected chi connectivity index (χ4v) is 2.62. The summed E-state index contributed by atoms with van der Waals surface area (Å²) in [5, 5.41) is 0. The molecule has 2 N–H and O–H groups in total. The number of benzene rings is 1. The number of nitrogens with two attached hydrogens (primary N) is 1. The largest absolute Gasteiger partial charge is 0.399 e. The average molecular weight is 229 g/mol. The molecular formula is C14H19N3. The summed E-state index contributed by atoms with van der Waals surface area (Å²) in [6.07, 6.45) is 4.64. The molecule has 1 aliphatic carbocycles. The van der Waals surface area contributed by atoms with Crippen molar-refractivity contribution in [2.45, 2.75) is 33.2 Å². The molecule has 17 heavy (non-hydrogen) atoms. The van der Waals surface area contributed by atoms with Gasteiger partial charge in [-0.2, -0.15) is 0 Å². The van der Waals surface area contributed by atoms with Gasteiger partial charge >= 0.3 is 0 Å². The number of aromatic nitrogens is 2. The van der Waals surface area contributed by atoms with E-state index in [2.05, 4.69) is 29.5 Å². The molecule has 3 nitrogen and oxygen atoms in total. The summed E-state index contributed by atoms with van der Waals surface area (Å²) >= 11 is 0. The van der Waals surface area contributed by atoms with E-state index in [0.717, 1.165) is 23.7 Å². The molecule has 3 heteroatoms. The highest BCUT2D eigenvalue weighted by atomic mass is 15.1. The molecule has 1 fully saturated rings. The van der Waals surface area contributed by atoms with Crippen LogP contribution in [0.25, 0.3) is 11.0 Å². The van der Waals surface area contributed by atoms with Crippen molar-refractivity contribution in [1.82, 2.24) is 9.55 Å². The van der Waals surface area contributed by atoms with Crippen molar-refractivity contribution < 1.29 is 0 Å². The summed E-state index contributed by atoms with van der Waals surface area (Å²) in [7, 11) is 0. The van der Waals surface area contributed by atoms with Gasteiger partial charge in [-0.15, -0.1) is 0 Å². The van der Waals surface area contributed by atoms with E-state index in [1.165, 1.54) is 18.4 Å². The van der Waals surface area contributed by atoms with Gasteiger partial charge in [-0.3, -0.25) is 0 Å². The lowest BCUT2D eigenvalue weighted by Crippen LogP contribution is -2.17. The van der Waals surface area contributed by atoms with Crippen LogP contribution in [-0.4, -0.2) is 9.55 Å². The zero-order chi connectivity index (χ0) is 12.0. The summed E-state index contributed by atoms with van der Waals surface area (Å²) in [4.78, 5) is 4.43. The fourth-order valence-electron chi connectivity index (χ4n) is 2.62. The van der Waals surface area contributed by atoms with Gasteiger partial charge < -0.3 is 10.3 Å². The molecule has 0 saturated heterocycles. The number of imidazole rings is 1. The highest BCUT2D eigenvalue weighted by Gasteiger charge is 2.45. The summed E-state index contributed by atoms with van der Waals surface area (Å²) in [6, 6.07) is 5.98. The Bertz CT molecular complexity index is 550. The molecule has 90 valence electrons. The van der Waals surface area contributed by atoms with Gasteiger partial charge in [-0.05, 0) is 42.4 Å².